The van der Waals surface area contributed by atoms with E-state index < -0.39 is 0 Å². The molecule has 0 saturated carbocycles. The van der Waals surface area contributed by atoms with Crippen molar-refractivity contribution in [2.24, 2.45) is 0 Å². The molecule has 8 heteroatoms. The molecule has 0 fully saturated rings. The van der Waals surface area contributed by atoms with Crippen molar-refractivity contribution in [1.82, 2.24) is 15.0 Å². The van der Waals surface area contributed by atoms with E-state index in [1.807, 2.05) is 12.1 Å². The van der Waals surface area contributed by atoms with Gasteiger partial charge in [0.05, 0.1) is 0 Å². The second-order valence-corrected chi connectivity index (χ2v) is 5.78. The lowest BCUT2D eigenvalue weighted by molar-refractivity contribution is 1.13. The second-order valence-electron chi connectivity index (χ2n) is 3.90. The van der Waals surface area contributed by atoms with Crippen LogP contribution in [0.5, 0.6) is 0 Å². The maximum absolute atomic E-state index is 5.82. The molecule has 20 heavy (non-hydrogen) atoms. The standard InChI is InChI=1S/C12H13Cl2N5S/c13-9-5-8(1-2-16-9)7-20-4-3-17-11-6-10(14)18-12(15)19-11/h1-2,5-6H,3-4,7H2,(H3,15,17,18,19). The Hall–Kier alpha value is -1.24. The molecule has 2 heterocycles. The lowest BCUT2D eigenvalue weighted by Gasteiger charge is -2.06. The van der Waals surface area contributed by atoms with Crippen molar-refractivity contribution in [1.29, 1.82) is 0 Å². The van der Waals surface area contributed by atoms with Crippen LogP contribution in [0.2, 0.25) is 10.3 Å². The predicted molar refractivity (Wildman–Crippen MR) is 85.4 cm³/mol. The molecule has 0 aliphatic rings. The SMILES string of the molecule is Nc1nc(Cl)cc(NCCSCc2ccnc(Cl)c2)n1. The van der Waals surface area contributed by atoms with E-state index in [4.69, 9.17) is 28.9 Å². The van der Waals surface area contributed by atoms with Gasteiger partial charge >= 0.3 is 0 Å². The van der Waals surface area contributed by atoms with Gasteiger partial charge in [0.2, 0.25) is 5.95 Å². The topological polar surface area (TPSA) is 76.7 Å². The summed E-state index contributed by atoms with van der Waals surface area (Å²) in [6.45, 7) is 0.760. The quantitative estimate of drug-likeness (QED) is 0.481. The highest BCUT2D eigenvalue weighted by atomic mass is 35.5. The molecular weight excluding hydrogens is 317 g/mol. The number of nitrogens with zero attached hydrogens (tertiary/aromatic N) is 3. The first kappa shape index (κ1) is 15.2. The third kappa shape index (κ3) is 5.03. The van der Waals surface area contributed by atoms with Crippen LogP contribution >= 0.6 is 35.0 Å². The van der Waals surface area contributed by atoms with Crippen LogP contribution in [0.25, 0.3) is 0 Å². The van der Waals surface area contributed by atoms with Gasteiger partial charge in [-0.25, -0.2) is 9.97 Å². The Morgan fingerprint density at radius 3 is 2.80 bits per heavy atom. The van der Waals surface area contributed by atoms with Crippen LogP contribution in [-0.4, -0.2) is 27.2 Å². The third-order valence-electron chi connectivity index (χ3n) is 2.32. The Morgan fingerprint density at radius 2 is 2.05 bits per heavy atom. The summed E-state index contributed by atoms with van der Waals surface area (Å²) >= 11 is 13.4. The molecule has 106 valence electrons. The highest BCUT2D eigenvalue weighted by Gasteiger charge is 2.00. The summed E-state index contributed by atoms with van der Waals surface area (Å²) in [4.78, 5) is 11.8. The van der Waals surface area contributed by atoms with Crippen molar-refractivity contribution in [2.75, 3.05) is 23.3 Å². The summed E-state index contributed by atoms with van der Waals surface area (Å²) in [6.07, 6.45) is 1.71. The van der Waals surface area contributed by atoms with Gasteiger partial charge in [-0.05, 0) is 17.7 Å². The number of nitrogen functional groups attached to an aromatic ring is 1. The molecule has 0 amide bonds. The summed E-state index contributed by atoms with van der Waals surface area (Å²) in [5.41, 5.74) is 6.67. The molecule has 0 aromatic carbocycles. The number of anilines is 2. The van der Waals surface area contributed by atoms with Crippen molar-refractivity contribution < 1.29 is 0 Å². The number of hydrogen-bond acceptors (Lipinski definition) is 6. The number of thioether (sulfide) groups is 1. The monoisotopic (exact) mass is 329 g/mol. The fourth-order valence-electron chi connectivity index (χ4n) is 1.50. The van der Waals surface area contributed by atoms with E-state index in [0.717, 1.165) is 23.6 Å². The number of pyridine rings is 1. The Morgan fingerprint density at radius 1 is 1.20 bits per heavy atom. The van der Waals surface area contributed by atoms with E-state index in [0.29, 0.717) is 16.1 Å². The molecule has 0 aliphatic heterocycles. The van der Waals surface area contributed by atoms with Gasteiger partial charge < -0.3 is 11.1 Å². The highest BCUT2D eigenvalue weighted by Crippen LogP contribution is 2.15. The van der Waals surface area contributed by atoms with Gasteiger partial charge in [-0.2, -0.15) is 16.7 Å². The normalized spacial score (nSPS) is 10.5. The van der Waals surface area contributed by atoms with E-state index in [9.17, 15) is 0 Å². The molecule has 0 atom stereocenters. The van der Waals surface area contributed by atoms with Crippen LogP contribution in [0, 0.1) is 0 Å². The largest absolute Gasteiger partial charge is 0.369 e. The average Bonchev–Trinajstić information content (AvgIpc) is 2.37. The summed E-state index contributed by atoms with van der Waals surface area (Å²) < 4.78 is 0. The lowest BCUT2D eigenvalue weighted by Crippen LogP contribution is -2.07. The molecule has 2 aromatic rings. The van der Waals surface area contributed by atoms with Crippen LogP contribution < -0.4 is 11.1 Å². The van der Waals surface area contributed by atoms with E-state index >= 15 is 0 Å². The highest BCUT2D eigenvalue weighted by molar-refractivity contribution is 7.98. The van der Waals surface area contributed by atoms with Crippen LogP contribution in [0.1, 0.15) is 5.56 Å². The fourth-order valence-corrected chi connectivity index (χ4v) is 2.69. The molecule has 0 bridgehead atoms. The first-order valence-electron chi connectivity index (χ1n) is 5.85. The number of nitrogens with one attached hydrogen (secondary N) is 1. The van der Waals surface area contributed by atoms with E-state index in [1.54, 1.807) is 24.0 Å². The summed E-state index contributed by atoms with van der Waals surface area (Å²) in [5.74, 6) is 2.60. The number of hydrogen-bond donors (Lipinski definition) is 2. The first-order chi connectivity index (χ1) is 9.63. The minimum Gasteiger partial charge on any atom is -0.369 e. The number of nitrogens with two attached hydrogens (primary N) is 1. The van der Waals surface area contributed by atoms with Gasteiger partial charge in [0, 0.05) is 30.3 Å². The van der Waals surface area contributed by atoms with Gasteiger partial charge in [0.25, 0.3) is 0 Å². The smallest absolute Gasteiger partial charge is 0.223 e. The second kappa shape index (κ2) is 7.52. The van der Waals surface area contributed by atoms with Crippen molar-refractivity contribution in [2.45, 2.75) is 5.75 Å². The lowest BCUT2D eigenvalue weighted by atomic mass is 10.3. The van der Waals surface area contributed by atoms with Crippen molar-refractivity contribution >= 4 is 46.7 Å². The van der Waals surface area contributed by atoms with Crippen LogP contribution in [0.15, 0.2) is 24.4 Å². The van der Waals surface area contributed by atoms with E-state index in [2.05, 4.69) is 20.3 Å². The Bertz CT molecular complexity index is 561. The number of aromatic nitrogens is 3. The molecular formula is C12H13Cl2N5S. The molecule has 2 rings (SSSR count). The van der Waals surface area contributed by atoms with Crippen LogP contribution in [-0.2, 0) is 5.75 Å². The predicted octanol–water partition coefficient (Wildman–Crippen LogP) is 3.11. The molecule has 0 spiro atoms. The number of halogens is 2. The van der Waals surface area contributed by atoms with Crippen LogP contribution in [0.3, 0.4) is 0 Å². The summed E-state index contributed by atoms with van der Waals surface area (Å²) in [5, 5.41) is 4.00. The molecule has 5 nitrogen and oxygen atoms in total. The van der Waals surface area contributed by atoms with Gasteiger partial charge in [-0.1, -0.05) is 23.2 Å². The molecule has 3 N–H and O–H groups in total. The minimum absolute atomic E-state index is 0.166. The van der Waals surface area contributed by atoms with Crippen LogP contribution in [0.4, 0.5) is 11.8 Å². The zero-order valence-corrected chi connectivity index (χ0v) is 12.8. The fraction of sp³-hybridized carbons (Fsp3) is 0.250. The van der Waals surface area contributed by atoms with E-state index in [1.165, 1.54) is 0 Å². The first-order valence-corrected chi connectivity index (χ1v) is 7.76. The maximum atomic E-state index is 5.82. The zero-order valence-electron chi connectivity index (χ0n) is 10.5. The Kier molecular flexibility index (Phi) is 5.70. The molecule has 2 aromatic heterocycles. The molecule has 0 aliphatic carbocycles. The van der Waals surface area contributed by atoms with Crippen molar-refractivity contribution in [3.63, 3.8) is 0 Å². The van der Waals surface area contributed by atoms with Gasteiger partial charge in [-0.3, -0.25) is 0 Å². The average molecular weight is 330 g/mol. The molecule has 0 saturated heterocycles. The third-order valence-corrected chi connectivity index (χ3v) is 3.75. The molecule has 0 unspecified atom stereocenters. The van der Waals surface area contributed by atoms with E-state index in [-0.39, 0.29) is 5.95 Å². The molecule has 0 radical (unpaired) electrons. The van der Waals surface area contributed by atoms with Crippen molar-refractivity contribution in [3.8, 4) is 0 Å². The van der Waals surface area contributed by atoms with Crippen molar-refractivity contribution in [3.05, 3.63) is 40.3 Å². The Balaban J connectivity index is 1.71. The Labute approximate surface area is 131 Å². The van der Waals surface area contributed by atoms with Gasteiger partial charge in [0.15, 0.2) is 0 Å². The zero-order chi connectivity index (χ0) is 14.4. The summed E-state index contributed by atoms with van der Waals surface area (Å²) in [6, 6.07) is 5.47. The minimum atomic E-state index is 0.166. The summed E-state index contributed by atoms with van der Waals surface area (Å²) in [7, 11) is 0. The number of rotatable bonds is 6. The maximum Gasteiger partial charge on any atom is 0.223 e. The van der Waals surface area contributed by atoms with Gasteiger partial charge in [-0.15, -0.1) is 0 Å². The van der Waals surface area contributed by atoms with Gasteiger partial charge in [0.1, 0.15) is 16.1 Å².